The minimum absolute atomic E-state index is 0.0769. The number of thioether (sulfide) groups is 1. The molecule has 1 saturated heterocycles. The summed E-state index contributed by atoms with van der Waals surface area (Å²) >= 11 is 10.8. The van der Waals surface area contributed by atoms with Crippen LogP contribution in [0.4, 0.5) is 0 Å². The molecule has 1 aliphatic heterocycles. The number of amides is 1. The molecule has 2 aromatic carbocycles. The van der Waals surface area contributed by atoms with E-state index in [1.807, 2.05) is 48.5 Å². The topological polar surface area (TPSA) is 40.5 Å². The Labute approximate surface area is 176 Å². The first kappa shape index (κ1) is 18.2. The highest BCUT2D eigenvalue weighted by molar-refractivity contribution is 14.1. The predicted molar refractivity (Wildman–Crippen MR) is 119 cm³/mol. The number of halogens is 2. The standard InChI is InChI=1S/C17H11I2NO2S2/c18-12-6-11(7-13(19)15(12)21)8-14-16(22)20(17(23)24-14)9-10-4-2-1-3-5-10/h1-8,21H,9H2. The van der Waals surface area contributed by atoms with E-state index in [4.69, 9.17) is 12.2 Å². The van der Waals surface area contributed by atoms with Crippen LogP contribution in [-0.4, -0.2) is 20.2 Å². The Morgan fingerprint density at radius 3 is 2.42 bits per heavy atom. The van der Waals surface area contributed by atoms with Crippen LogP contribution in [0.15, 0.2) is 47.4 Å². The van der Waals surface area contributed by atoms with E-state index in [0.29, 0.717) is 15.8 Å². The molecular formula is C17H11I2NO2S2. The van der Waals surface area contributed by atoms with Crippen LogP contribution >= 0.6 is 69.2 Å². The van der Waals surface area contributed by atoms with Crippen molar-refractivity contribution >= 4 is 85.5 Å². The Balaban J connectivity index is 1.86. The number of carbonyl (C=O) groups excluding carboxylic acids is 1. The predicted octanol–water partition coefficient (Wildman–Crippen LogP) is 5.00. The number of thiocarbonyl (C=S) groups is 1. The van der Waals surface area contributed by atoms with Gasteiger partial charge in [-0.3, -0.25) is 9.69 Å². The van der Waals surface area contributed by atoms with Gasteiger partial charge in [0, 0.05) is 0 Å². The first-order valence-corrected chi connectivity index (χ1v) is 10.3. The number of aromatic hydroxyl groups is 1. The highest BCUT2D eigenvalue weighted by Crippen LogP contribution is 2.35. The summed E-state index contributed by atoms with van der Waals surface area (Å²) in [5, 5.41) is 9.85. The molecule has 0 saturated carbocycles. The molecule has 0 aromatic heterocycles. The fourth-order valence-corrected chi connectivity index (χ4v) is 5.29. The minimum Gasteiger partial charge on any atom is -0.506 e. The van der Waals surface area contributed by atoms with Crippen LogP contribution in [0.5, 0.6) is 5.75 Å². The van der Waals surface area contributed by atoms with E-state index in [9.17, 15) is 9.90 Å². The van der Waals surface area contributed by atoms with Gasteiger partial charge >= 0.3 is 0 Å². The third kappa shape index (κ3) is 3.94. The summed E-state index contributed by atoms with van der Waals surface area (Å²) in [6.07, 6.45) is 1.83. The van der Waals surface area contributed by atoms with Crippen molar-refractivity contribution in [2.75, 3.05) is 0 Å². The Morgan fingerprint density at radius 1 is 1.17 bits per heavy atom. The zero-order chi connectivity index (χ0) is 17.3. The zero-order valence-electron chi connectivity index (χ0n) is 12.2. The summed E-state index contributed by atoms with van der Waals surface area (Å²) in [5.41, 5.74) is 1.92. The van der Waals surface area contributed by atoms with E-state index in [1.165, 1.54) is 11.8 Å². The van der Waals surface area contributed by atoms with Crippen molar-refractivity contribution in [2.24, 2.45) is 0 Å². The van der Waals surface area contributed by atoms with E-state index in [0.717, 1.165) is 18.3 Å². The average molecular weight is 579 g/mol. The Kier molecular flexibility index (Phi) is 5.83. The maximum atomic E-state index is 12.7. The number of benzene rings is 2. The fraction of sp³-hybridized carbons (Fsp3) is 0.0588. The first-order chi connectivity index (χ1) is 11.5. The van der Waals surface area contributed by atoms with Crippen LogP contribution in [0.1, 0.15) is 11.1 Å². The van der Waals surface area contributed by atoms with Crippen LogP contribution in [0.3, 0.4) is 0 Å². The summed E-state index contributed by atoms with van der Waals surface area (Å²) < 4.78 is 2.08. The smallest absolute Gasteiger partial charge is 0.266 e. The van der Waals surface area contributed by atoms with Gasteiger partial charge in [0.2, 0.25) is 0 Å². The zero-order valence-corrected chi connectivity index (χ0v) is 18.1. The van der Waals surface area contributed by atoms with Gasteiger partial charge in [0.05, 0.1) is 18.6 Å². The van der Waals surface area contributed by atoms with Gasteiger partial charge in [-0.2, -0.15) is 0 Å². The second-order valence-electron chi connectivity index (χ2n) is 5.09. The lowest BCUT2D eigenvalue weighted by Gasteiger charge is -2.14. The summed E-state index contributed by atoms with van der Waals surface area (Å²) in [7, 11) is 0. The van der Waals surface area contributed by atoms with Gasteiger partial charge in [0.25, 0.3) is 5.91 Å². The Hall–Kier alpha value is -0.650. The molecule has 122 valence electrons. The average Bonchev–Trinajstić information content (AvgIpc) is 2.81. The molecular weight excluding hydrogens is 568 g/mol. The molecule has 0 bridgehead atoms. The molecule has 1 N–H and O–H groups in total. The number of hydrogen-bond acceptors (Lipinski definition) is 4. The molecule has 24 heavy (non-hydrogen) atoms. The lowest BCUT2D eigenvalue weighted by Crippen LogP contribution is -2.27. The molecule has 3 nitrogen and oxygen atoms in total. The van der Waals surface area contributed by atoms with Crippen LogP contribution in [0.2, 0.25) is 0 Å². The quantitative estimate of drug-likeness (QED) is 0.316. The number of phenols is 1. The number of hydrogen-bond donors (Lipinski definition) is 1. The third-order valence-electron chi connectivity index (χ3n) is 3.39. The fourth-order valence-electron chi connectivity index (χ4n) is 2.22. The number of carbonyl (C=O) groups is 1. The molecule has 1 heterocycles. The van der Waals surface area contributed by atoms with E-state index in [1.54, 1.807) is 4.90 Å². The summed E-state index contributed by atoms with van der Waals surface area (Å²) in [5.74, 6) is 0.192. The maximum Gasteiger partial charge on any atom is 0.266 e. The maximum absolute atomic E-state index is 12.7. The van der Waals surface area contributed by atoms with E-state index in [-0.39, 0.29) is 11.7 Å². The molecule has 3 rings (SSSR count). The highest BCUT2D eigenvalue weighted by Gasteiger charge is 2.32. The molecule has 1 aliphatic rings. The summed E-state index contributed by atoms with van der Waals surface area (Å²) in [6.45, 7) is 0.480. The van der Waals surface area contributed by atoms with E-state index < -0.39 is 0 Å². The number of phenolic OH excluding ortho intramolecular Hbond substituents is 1. The molecule has 0 radical (unpaired) electrons. The lowest BCUT2D eigenvalue weighted by atomic mass is 10.2. The van der Waals surface area contributed by atoms with Crippen LogP contribution in [0, 0.1) is 7.14 Å². The summed E-state index contributed by atoms with van der Waals surface area (Å²) in [6, 6.07) is 13.5. The molecule has 0 atom stereocenters. The molecule has 1 fully saturated rings. The first-order valence-electron chi connectivity index (χ1n) is 6.93. The second kappa shape index (κ2) is 7.71. The minimum atomic E-state index is -0.0769. The molecule has 7 heteroatoms. The van der Waals surface area contributed by atoms with Gasteiger partial charge in [0.1, 0.15) is 10.1 Å². The normalized spacial score (nSPS) is 16.2. The third-order valence-corrected chi connectivity index (χ3v) is 6.42. The molecule has 0 unspecified atom stereocenters. The SMILES string of the molecule is O=C1C(=Cc2cc(I)c(O)c(I)c2)SC(=S)N1Cc1ccccc1. The number of rotatable bonds is 3. The Morgan fingerprint density at radius 2 is 1.79 bits per heavy atom. The van der Waals surface area contributed by atoms with Crippen LogP contribution < -0.4 is 0 Å². The Bertz CT molecular complexity index is 830. The van der Waals surface area contributed by atoms with Crippen molar-refractivity contribution in [2.45, 2.75) is 6.54 Å². The van der Waals surface area contributed by atoms with Crippen molar-refractivity contribution in [3.05, 3.63) is 65.6 Å². The van der Waals surface area contributed by atoms with Gasteiger partial charge < -0.3 is 5.11 Å². The largest absolute Gasteiger partial charge is 0.506 e. The van der Waals surface area contributed by atoms with Crippen molar-refractivity contribution < 1.29 is 9.90 Å². The highest BCUT2D eigenvalue weighted by atomic mass is 127. The van der Waals surface area contributed by atoms with Gasteiger partial charge in [-0.25, -0.2) is 0 Å². The second-order valence-corrected chi connectivity index (χ2v) is 9.09. The van der Waals surface area contributed by atoms with Crippen molar-refractivity contribution in [3.8, 4) is 5.75 Å². The summed E-state index contributed by atoms with van der Waals surface area (Å²) in [4.78, 5) is 14.9. The monoisotopic (exact) mass is 579 g/mol. The van der Waals surface area contributed by atoms with Crippen molar-refractivity contribution in [3.63, 3.8) is 0 Å². The number of nitrogens with zero attached hydrogens (tertiary/aromatic N) is 1. The van der Waals surface area contributed by atoms with Crippen molar-refractivity contribution in [1.29, 1.82) is 0 Å². The van der Waals surface area contributed by atoms with Crippen LogP contribution in [-0.2, 0) is 11.3 Å². The van der Waals surface area contributed by atoms with E-state index >= 15 is 0 Å². The molecule has 2 aromatic rings. The van der Waals surface area contributed by atoms with Gasteiger partial charge in [-0.1, -0.05) is 54.3 Å². The molecule has 0 spiro atoms. The lowest BCUT2D eigenvalue weighted by molar-refractivity contribution is -0.122. The van der Waals surface area contributed by atoms with Gasteiger partial charge in [0.15, 0.2) is 0 Å². The van der Waals surface area contributed by atoms with Crippen molar-refractivity contribution in [1.82, 2.24) is 4.90 Å². The van der Waals surface area contributed by atoms with Crippen LogP contribution in [0.25, 0.3) is 6.08 Å². The van der Waals surface area contributed by atoms with Gasteiger partial charge in [-0.15, -0.1) is 0 Å². The molecule has 1 amide bonds. The van der Waals surface area contributed by atoms with Gasteiger partial charge in [-0.05, 0) is 74.5 Å². The molecule has 0 aliphatic carbocycles. The van der Waals surface area contributed by atoms with E-state index in [2.05, 4.69) is 45.2 Å².